The molecule has 0 bridgehead atoms. The summed E-state index contributed by atoms with van der Waals surface area (Å²) in [6, 6.07) is 15.1. The normalized spacial score (nSPS) is 11.0. The van der Waals surface area contributed by atoms with Crippen LogP contribution in [0.15, 0.2) is 59.6 Å². The third kappa shape index (κ3) is 2.89. The van der Waals surface area contributed by atoms with E-state index in [9.17, 15) is 15.2 Å². The van der Waals surface area contributed by atoms with Crippen LogP contribution in [0.1, 0.15) is 5.56 Å². The van der Waals surface area contributed by atoms with Crippen LogP contribution in [0.4, 0.5) is 11.4 Å². The summed E-state index contributed by atoms with van der Waals surface area (Å²) in [5.41, 5.74) is 0.857. The quantitative estimate of drug-likeness (QED) is 0.443. The molecule has 6 heteroatoms. The van der Waals surface area contributed by atoms with Crippen LogP contribution in [0.5, 0.6) is 11.5 Å². The SMILES string of the molecule is COc1ccc(N=Cc2cc([N+](=O)[O-])ccc2O)c2ccccc12. The molecule has 0 saturated heterocycles. The Hall–Kier alpha value is -3.41. The molecule has 120 valence electrons. The summed E-state index contributed by atoms with van der Waals surface area (Å²) in [5, 5.41) is 22.5. The summed E-state index contributed by atoms with van der Waals surface area (Å²) < 4.78 is 5.34. The van der Waals surface area contributed by atoms with Gasteiger partial charge in [0.05, 0.1) is 17.7 Å². The van der Waals surface area contributed by atoms with Crippen molar-refractivity contribution in [1.29, 1.82) is 0 Å². The van der Waals surface area contributed by atoms with Gasteiger partial charge in [-0.05, 0) is 18.2 Å². The van der Waals surface area contributed by atoms with Crippen LogP contribution in [0.2, 0.25) is 0 Å². The van der Waals surface area contributed by atoms with E-state index >= 15 is 0 Å². The Bertz CT molecular complexity index is 951. The molecule has 0 atom stereocenters. The van der Waals surface area contributed by atoms with Crippen LogP contribution in [0, 0.1) is 10.1 Å². The average molecular weight is 322 g/mol. The van der Waals surface area contributed by atoms with Crippen LogP contribution in [-0.4, -0.2) is 23.4 Å². The molecule has 0 spiro atoms. The lowest BCUT2D eigenvalue weighted by molar-refractivity contribution is -0.384. The average Bonchev–Trinajstić information content (AvgIpc) is 2.60. The number of benzene rings is 3. The molecule has 0 aliphatic carbocycles. The highest BCUT2D eigenvalue weighted by Gasteiger charge is 2.09. The second kappa shape index (κ2) is 6.37. The van der Waals surface area contributed by atoms with E-state index in [4.69, 9.17) is 4.74 Å². The number of aliphatic imine (C=N–C) groups is 1. The first-order chi connectivity index (χ1) is 11.6. The van der Waals surface area contributed by atoms with Gasteiger partial charge in [0.25, 0.3) is 5.69 Å². The van der Waals surface area contributed by atoms with E-state index in [1.54, 1.807) is 13.2 Å². The van der Waals surface area contributed by atoms with E-state index < -0.39 is 4.92 Å². The number of nitro groups is 1. The smallest absolute Gasteiger partial charge is 0.270 e. The van der Waals surface area contributed by atoms with Crippen molar-refractivity contribution in [3.05, 3.63) is 70.3 Å². The van der Waals surface area contributed by atoms with Gasteiger partial charge in [-0.1, -0.05) is 24.3 Å². The third-order valence-electron chi connectivity index (χ3n) is 3.65. The molecule has 3 aromatic rings. The third-order valence-corrected chi connectivity index (χ3v) is 3.65. The molecule has 0 amide bonds. The zero-order chi connectivity index (χ0) is 17.1. The number of nitrogens with zero attached hydrogens (tertiary/aromatic N) is 2. The largest absolute Gasteiger partial charge is 0.507 e. The summed E-state index contributed by atoms with van der Waals surface area (Å²) in [6.07, 6.45) is 1.41. The van der Waals surface area contributed by atoms with E-state index in [1.807, 2.05) is 30.3 Å². The molecule has 6 nitrogen and oxygen atoms in total. The van der Waals surface area contributed by atoms with Crippen molar-refractivity contribution in [3.63, 3.8) is 0 Å². The van der Waals surface area contributed by atoms with Gasteiger partial charge in [0.2, 0.25) is 0 Å². The summed E-state index contributed by atoms with van der Waals surface area (Å²) in [5.74, 6) is 0.671. The maximum Gasteiger partial charge on any atom is 0.270 e. The first-order valence-electron chi connectivity index (χ1n) is 7.17. The maximum atomic E-state index is 10.8. The van der Waals surface area contributed by atoms with Gasteiger partial charge < -0.3 is 9.84 Å². The van der Waals surface area contributed by atoms with Gasteiger partial charge in [0.15, 0.2) is 0 Å². The predicted octanol–water partition coefficient (Wildman–Crippen LogP) is 4.21. The van der Waals surface area contributed by atoms with Gasteiger partial charge in [-0.15, -0.1) is 0 Å². The van der Waals surface area contributed by atoms with Gasteiger partial charge in [-0.3, -0.25) is 15.1 Å². The summed E-state index contributed by atoms with van der Waals surface area (Å²) >= 11 is 0. The number of hydrogen-bond donors (Lipinski definition) is 1. The number of phenols is 1. The summed E-state index contributed by atoms with van der Waals surface area (Å²) in [4.78, 5) is 14.7. The molecule has 0 aliphatic rings. The van der Waals surface area contributed by atoms with E-state index in [1.165, 1.54) is 24.4 Å². The molecule has 0 radical (unpaired) electrons. The minimum atomic E-state index is -0.514. The van der Waals surface area contributed by atoms with Crippen molar-refractivity contribution in [1.82, 2.24) is 0 Å². The van der Waals surface area contributed by atoms with Gasteiger partial charge in [0, 0.05) is 34.7 Å². The van der Waals surface area contributed by atoms with Gasteiger partial charge in [-0.25, -0.2) is 0 Å². The Kier molecular flexibility index (Phi) is 4.11. The fourth-order valence-electron chi connectivity index (χ4n) is 2.44. The number of rotatable bonds is 4. The number of hydrogen-bond acceptors (Lipinski definition) is 5. The van der Waals surface area contributed by atoms with Crippen molar-refractivity contribution in [2.75, 3.05) is 7.11 Å². The molecule has 0 aliphatic heterocycles. The molecule has 0 fully saturated rings. The Morgan fingerprint density at radius 3 is 2.58 bits per heavy atom. The first-order valence-corrected chi connectivity index (χ1v) is 7.17. The molecule has 0 heterocycles. The zero-order valence-electron chi connectivity index (χ0n) is 12.8. The molecule has 1 N–H and O–H groups in total. The highest BCUT2D eigenvalue weighted by Crippen LogP contribution is 2.33. The molecular weight excluding hydrogens is 308 g/mol. The van der Waals surface area contributed by atoms with Crippen LogP contribution in [0.3, 0.4) is 0 Å². The van der Waals surface area contributed by atoms with Crippen LogP contribution >= 0.6 is 0 Å². The Labute approximate surface area is 137 Å². The van der Waals surface area contributed by atoms with Gasteiger partial charge in [-0.2, -0.15) is 0 Å². The lowest BCUT2D eigenvalue weighted by Crippen LogP contribution is -1.90. The zero-order valence-corrected chi connectivity index (χ0v) is 12.8. The Morgan fingerprint density at radius 2 is 1.88 bits per heavy atom. The lowest BCUT2D eigenvalue weighted by atomic mass is 10.1. The molecule has 3 aromatic carbocycles. The highest BCUT2D eigenvalue weighted by atomic mass is 16.6. The molecule has 24 heavy (non-hydrogen) atoms. The van der Waals surface area contributed by atoms with Crippen molar-refractivity contribution >= 4 is 28.4 Å². The number of fused-ring (bicyclic) bond motifs is 1. The minimum absolute atomic E-state index is 0.0674. The fourth-order valence-corrected chi connectivity index (χ4v) is 2.44. The molecular formula is C18H14N2O4. The topological polar surface area (TPSA) is 85.0 Å². The molecule has 3 rings (SSSR count). The first kappa shape index (κ1) is 15.5. The van der Waals surface area contributed by atoms with E-state index in [0.717, 1.165) is 16.5 Å². The molecule has 0 saturated carbocycles. The minimum Gasteiger partial charge on any atom is -0.507 e. The van der Waals surface area contributed by atoms with Crippen LogP contribution in [-0.2, 0) is 0 Å². The van der Waals surface area contributed by atoms with Crippen molar-refractivity contribution in [2.24, 2.45) is 4.99 Å². The molecule has 0 unspecified atom stereocenters. The fraction of sp³-hybridized carbons (Fsp3) is 0.0556. The second-order valence-electron chi connectivity index (χ2n) is 5.09. The van der Waals surface area contributed by atoms with Gasteiger partial charge in [0.1, 0.15) is 11.5 Å². The summed E-state index contributed by atoms with van der Waals surface area (Å²) in [7, 11) is 1.60. The monoisotopic (exact) mass is 322 g/mol. The van der Waals surface area contributed by atoms with E-state index in [2.05, 4.69) is 4.99 Å². The summed E-state index contributed by atoms with van der Waals surface area (Å²) in [6.45, 7) is 0. The predicted molar refractivity (Wildman–Crippen MR) is 92.5 cm³/mol. The second-order valence-corrected chi connectivity index (χ2v) is 5.09. The number of ether oxygens (including phenoxy) is 1. The standard InChI is InChI=1S/C18H14N2O4/c1-24-18-9-7-16(14-4-2-3-5-15(14)18)19-11-12-10-13(20(22)23)6-8-17(12)21/h2-11,21H,1H3. The molecule has 0 aromatic heterocycles. The van der Waals surface area contributed by atoms with Gasteiger partial charge >= 0.3 is 0 Å². The van der Waals surface area contributed by atoms with Crippen LogP contribution < -0.4 is 4.74 Å². The Balaban J connectivity index is 2.06. The van der Waals surface area contributed by atoms with Crippen molar-refractivity contribution in [2.45, 2.75) is 0 Å². The number of methoxy groups -OCH3 is 1. The number of non-ortho nitro benzene ring substituents is 1. The Morgan fingerprint density at radius 1 is 1.12 bits per heavy atom. The van der Waals surface area contributed by atoms with Crippen molar-refractivity contribution in [3.8, 4) is 11.5 Å². The van der Waals surface area contributed by atoms with E-state index in [0.29, 0.717) is 5.69 Å². The van der Waals surface area contributed by atoms with Crippen molar-refractivity contribution < 1.29 is 14.8 Å². The lowest BCUT2D eigenvalue weighted by Gasteiger charge is -2.07. The number of phenolic OH excluding ortho intramolecular Hbond substituents is 1. The number of aromatic hydroxyl groups is 1. The van der Waals surface area contributed by atoms with Crippen LogP contribution in [0.25, 0.3) is 10.8 Å². The number of nitro benzene ring substituents is 1. The highest BCUT2D eigenvalue weighted by molar-refractivity contribution is 5.99. The van der Waals surface area contributed by atoms with E-state index in [-0.39, 0.29) is 17.0 Å². The maximum absolute atomic E-state index is 10.8.